The molecule has 0 aliphatic carbocycles. The Morgan fingerprint density at radius 2 is 1.67 bits per heavy atom. The van der Waals surface area contributed by atoms with Crippen molar-refractivity contribution in [1.29, 1.82) is 0 Å². The zero-order chi connectivity index (χ0) is 20.2. The molecule has 0 unspecified atom stereocenters. The SMILES string of the molecule is CC(C)(C)C1=C(c2ccc(-c3cc(C(C)(C)C)on3)c(O)c2)OCC1(C)C. The minimum atomic E-state index is -0.128. The Bertz CT molecular complexity index is 889. The molecule has 0 amide bonds. The van der Waals surface area contributed by atoms with E-state index in [1.54, 1.807) is 6.07 Å². The van der Waals surface area contributed by atoms with Crippen molar-refractivity contribution in [2.24, 2.45) is 10.8 Å². The molecule has 0 saturated carbocycles. The number of ether oxygens (including phenoxy) is 1. The lowest BCUT2D eigenvalue weighted by atomic mass is 9.71. The minimum absolute atomic E-state index is 0.0165. The van der Waals surface area contributed by atoms with Crippen molar-refractivity contribution in [1.82, 2.24) is 5.16 Å². The van der Waals surface area contributed by atoms with Gasteiger partial charge in [-0.2, -0.15) is 0 Å². The summed E-state index contributed by atoms with van der Waals surface area (Å²) >= 11 is 0. The second kappa shape index (κ2) is 6.15. The van der Waals surface area contributed by atoms with E-state index in [1.165, 1.54) is 5.57 Å². The molecule has 27 heavy (non-hydrogen) atoms. The molecule has 0 radical (unpaired) electrons. The Labute approximate surface area is 162 Å². The van der Waals surface area contributed by atoms with E-state index < -0.39 is 0 Å². The van der Waals surface area contributed by atoms with Gasteiger partial charge in [0.15, 0.2) is 0 Å². The molecule has 3 rings (SSSR count). The molecular formula is C23H31NO3. The van der Waals surface area contributed by atoms with Crippen LogP contribution in [0, 0.1) is 10.8 Å². The number of aromatic nitrogens is 1. The molecule has 2 aromatic rings. The number of phenolic OH excluding ortho intramolecular Hbond substituents is 1. The fraction of sp³-hybridized carbons (Fsp3) is 0.522. The fourth-order valence-electron chi connectivity index (χ4n) is 3.93. The van der Waals surface area contributed by atoms with E-state index in [4.69, 9.17) is 9.26 Å². The van der Waals surface area contributed by atoms with Crippen molar-refractivity contribution in [3.63, 3.8) is 0 Å². The van der Waals surface area contributed by atoms with Crippen LogP contribution in [0.3, 0.4) is 0 Å². The lowest BCUT2D eigenvalue weighted by Crippen LogP contribution is -2.24. The standard InChI is InChI=1S/C23H31NO3/c1-21(2,3)18-12-16(24-27-18)15-10-9-14(11-17(15)25)19-20(22(4,5)6)23(7,8)13-26-19/h9-12,25H,13H2,1-8H3. The largest absolute Gasteiger partial charge is 0.507 e. The summed E-state index contributed by atoms with van der Waals surface area (Å²) in [6.07, 6.45) is 0. The van der Waals surface area contributed by atoms with E-state index in [9.17, 15) is 5.11 Å². The van der Waals surface area contributed by atoms with E-state index in [-0.39, 0.29) is 22.0 Å². The molecule has 0 atom stereocenters. The number of hydrogen-bond donors (Lipinski definition) is 1. The smallest absolute Gasteiger partial charge is 0.142 e. The van der Waals surface area contributed by atoms with Crippen LogP contribution in [0.15, 0.2) is 34.4 Å². The normalized spacial score (nSPS) is 17.3. The third-order valence-electron chi connectivity index (χ3n) is 5.02. The lowest BCUT2D eigenvalue weighted by molar-refractivity contribution is 0.213. The molecule has 0 saturated heterocycles. The third kappa shape index (κ3) is 3.62. The maximum atomic E-state index is 10.7. The highest BCUT2D eigenvalue weighted by Gasteiger charge is 2.41. The number of rotatable bonds is 2. The minimum Gasteiger partial charge on any atom is -0.507 e. The van der Waals surface area contributed by atoms with Gasteiger partial charge >= 0.3 is 0 Å². The van der Waals surface area contributed by atoms with Crippen LogP contribution < -0.4 is 0 Å². The molecule has 0 bridgehead atoms. The van der Waals surface area contributed by atoms with E-state index in [1.807, 2.05) is 18.2 Å². The van der Waals surface area contributed by atoms with Crippen LogP contribution >= 0.6 is 0 Å². The van der Waals surface area contributed by atoms with Crippen LogP contribution in [-0.2, 0) is 10.2 Å². The average molecular weight is 370 g/mol. The predicted molar refractivity (Wildman–Crippen MR) is 108 cm³/mol. The van der Waals surface area contributed by atoms with Crippen molar-refractivity contribution in [2.75, 3.05) is 6.61 Å². The summed E-state index contributed by atoms with van der Waals surface area (Å²) in [6.45, 7) is 17.9. The first kappa shape index (κ1) is 19.5. The number of phenols is 1. The van der Waals surface area contributed by atoms with Gasteiger partial charge in [0.25, 0.3) is 0 Å². The number of aromatic hydroxyl groups is 1. The van der Waals surface area contributed by atoms with Crippen molar-refractivity contribution >= 4 is 5.76 Å². The Balaban J connectivity index is 2.04. The summed E-state index contributed by atoms with van der Waals surface area (Å²) in [7, 11) is 0. The summed E-state index contributed by atoms with van der Waals surface area (Å²) in [5, 5.41) is 14.8. The molecule has 1 N–H and O–H groups in total. The molecule has 146 valence electrons. The summed E-state index contributed by atoms with van der Waals surface area (Å²) in [5.41, 5.74) is 3.29. The molecule has 1 aliphatic rings. The molecule has 0 spiro atoms. The molecule has 2 heterocycles. The van der Waals surface area contributed by atoms with Crippen LogP contribution in [0.1, 0.15) is 66.7 Å². The molecule has 1 aliphatic heterocycles. The first-order chi connectivity index (χ1) is 12.3. The first-order valence-electron chi connectivity index (χ1n) is 9.50. The Kier molecular flexibility index (Phi) is 4.45. The van der Waals surface area contributed by atoms with Crippen molar-refractivity contribution in [2.45, 2.75) is 60.8 Å². The van der Waals surface area contributed by atoms with Gasteiger partial charge in [0, 0.05) is 28.0 Å². The van der Waals surface area contributed by atoms with Crippen LogP contribution in [0.2, 0.25) is 0 Å². The van der Waals surface area contributed by atoms with E-state index >= 15 is 0 Å². The van der Waals surface area contributed by atoms with Crippen LogP contribution in [-0.4, -0.2) is 16.9 Å². The van der Waals surface area contributed by atoms with Crippen LogP contribution in [0.25, 0.3) is 17.0 Å². The zero-order valence-electron chi connectivity index (χ0n) is 17.7. The number of nitrogens with zero attached hydrogens (tertiary/aromatic N) is 1. The van der Waals surface area contributed by atoms with Gasteiger partial charge < -0.3 is 14.4 Å². The highest BCUT2D eigenvalue weighted by Crippen LogP contribution is 2.50. The van der Waals surface area contributed by atoms with Gasteiger partial charge in [-0.3, -0.25) is 0 Å². The van der Waals surface area contributed by atoms with Crippen molar-refractivity contribution in [3.05, 3.63) is 41.2 Å². The van der Waals surface area contributed by atoms with Gasteiger partial charge in [-0.05, 0) is 23.1 Å². The van der Waals surface area contributed by atoms with Crippen LogP contribution in [0.4, 0.5) is 0 Å². The maximum absolute atomic E-state index is 10.7. The Morgan fingerprint density at radius 1 is 1.00 bits per heavy atom. The number of hydrogen-bond acceptors (Lipinski definition) is 4. The molecule has 0 fully saturated rings. The van der Waals surface area contributed by atoms with Crippen molar-refractivity contribution < 1.29 is 14.4 Å². The van der Waals surface area contributed by atoms with Gasteiger partial charge in [0.2, 0.25) is 0 Å². The molecular weight excluding hydrogens is 338 g/mol. The maximum Gasteiger partial charge on any atom is 0.142 e. The Morgan fingerprint density at radius 3 is 2.19 bits per heavy atom. The van der Waals surface area contributed by atoms with E-state index in [0.29, 0.717) is 17.9 Å². The van der Waals surface area contributed by atoms with Gasteiger partial charge in [-0.25, -0.2) is 0 Å². The second-order valence-corrected chi connectivity index (χ2v) is 10.2. The van der Waals surface area contributed by atoms with Gasteiger partial charge in [-0.15, -0.1) is 0 Å². The van der Waals surface area contributed by atoms with Gasteiger partial charge in [0.1, 0.15) is 23.0 Å². The van der Waals surface area contributed by atoms with Gasteiger partial charge in [0.05, 0.1) is 6.61 Å². The van der Waals surface area contributed by atoms with Crippen LogP contribution in [0.5, 0.6) is 5.75 Å². The average Bonchev–Trinajstić information content (AvgIpc) is 3.10. The quantitative estimate of drug-likeness (QED) is 0.689. The predicted octanol–water partition coefficient (Wildman–Crippen LogP) is 6.16. The molecule has 1 aromatic heterocycles. The van der Waals surface area contributed by atoms with E-state index in [2.05, 4.69) is 60.5 Å². The first-order valence-corrected chi connectivity index (χ1v) is 9.50. The second-order valence-electron chi connectivity index (χ2n) is 10.2. The highest BCUT2D eigenvalue weighted by atomic mass is 16.5. The summed E-state index contributed by atoms with van der Waals surface area (Å²) in [6, 6.07) is 7.53. The molecule has 1 aromatic carbocycles. The summed E-state index contributed by atoms with van der Waals surface area (Å²) in [5.74, 6) is 1.85. The summed E-state index contributed by atoms with van der Waals surface area (Å²) < 4.78 is 11.5. The zero-order valence-corrected chi connectivity index (χ0v) is 17.7. The topological polar surface area (TPSA) is 55.5 Å². The van der Waals surface area contributed by atoms with Gasteiger partial charge in [-0.1, -0.05) is 66.6 Å². The fourth-order valence-corrected chi connectivity index (χ4v) is 3.93. The van der Waals surface area contributed by atoms with Crippen molar-refractivity contribution in [3.8, 4) is 17.0 Å². The lowest BCUT2D eigenvalue weighted by Gasteiger charge is -2.30. The molecule has 4 nitrogen and oxygen atoms in total. The monoisotopic (exact) mass is 369 g/mol. The number of benzene rings is 1. The summed E-state index contributed by atoms with van der Waals surface area (Å²) in [4.78, 5) is 0. The molecule has 4 heteroatoms. The highest BCUT2D eigenvalue weighted by molar-refractivity contribution is 5.74. The Hall–Kier alpha value is -2.23. The van der Waals surface area contributed by atoms with E-state index in [0.717, 1.165) is 17.1 Å². The third-order valence-corrected chi connectivity index (χ3v) is 5.02.